The zero-order valence-corrected chi connectivity index (χ0v) is 12.4. The molecular weight excluding hydrogens is 306 g/mol. The smallest absolute Gasteiger partial charge is 0.174 e. The predicted octanol–water partition coefficient (Wildman–Crippen LogP) is 3.68. The van der Waals surface area contributed by atoms with Crippen LogP contribution < -0.4 is 10.1 Å². The standard InChI is InChI=1S/C15H16BrNO2/c1-2-17-13(12-7-9-19-15(12)16)11-5-3-4-10-6-8-18-14(10)11/h3-5,7,9,13,17H,2,6,8H2,1H3. The average molecular weight is 322 g/mol. The molecular formula is C15H16BrNO2. The molecule has 0 bridgehead atoms. The zero-order chi connectivity index (χ0) is 13.2. The van der Waals surface area contributed by atoms with Gasteiger partial charge >= 0.3 is 0 Å². The maximum Gasteiger partial charge on any atom is 0.174 e. The molecule has 0 radical (unpaired) electrons. The molecule has 0 spiro atoms. The molecule has 1 aliphatic heterocycles. The molecule has 1 atom stereocenters. The van der Waals surface area contributed by atoms with E-state index in [2.05, 4.69) is 46.4 Å². The Morgan fingerprint density at radius 1 is 1.32 bits per heavy atom. The molecule has 0 saturated heterocycles. The van der Waals surface area contributed by atoms with Gasteiger partial charge in [0.05, 0.1) is 18.9 Å². The molecule has 19 heavy (non-hydrogen) atoms. The van der Waals surface area contributed by atoms with E-state index in [1.165, 1.54) is 11.1 Å². The van der Waals surface area contributed by atoms with E-state index in [9.17, 15) is 0 Å². The molecule has 0 aliphatic carbocycles. The fraction of sp³-hybridized carbons (Fsp3) is 0.333. The average Bonchev–Trinajstić information content (AvgIpc) is 3.04. The van der Waals surface area contributed by atoms with Gasteiger partial charge < -0.3 is 14.5 Å². The van der Waals surface area contributed by atoms with Crippen molar-refractivity contribution in [1.29, 1.82) is 0 Å². The van der Waals surface area contributed by atoms with E-state index in [0.29, 0.717) is 0 Å². The first-order valence-electron chi connectivity index (χ1n) is 6.52. The lowest BCUT2D eigenvalue weighted by atomic mass is 9.97. The molecule has 1 aromatic heterocycles. The van der Waals surface area contributed by atoms with Crippen LogP contribution in [0.2, 0.25) is 0 Å². The van der Waals surface area contributed by atoms with Gasteiger partial charge in [-0.15, -0.1) is 0 Å². The third-order valence-corrected chi connectivity index (χ3v) is 4.07. The van der Waals surface area contributed by atoms with Crippen LogP contribution in [0.15, 0.2) is 39.6 Å². The van der Waals surface area contributed by atoms with Gasteiger partial charge in [0, 0.05) is 17.5 Å². The van der Waals surface area contributed by atoms with E-state index in [1.54, 1.807) is 6.26 Å². The van der Waals surface area contributed by atoms with Crippen LogP contribution in [0.25, 0.3) is 0 Å². The molecule has 3 rings (SSSR count). The fourth-order valence-electron chi connectivity index (χ4n) is 2.57. The summed E-state index contributed by atoms with van der Waals surface area (Å²) in [6.45, 7) is 3.76. The SMILES string of the molecule is CCNC(c1ccoc1Br)c1cccc2c1OCC2. The minimum Gasteiger partial charge on any atom is -0.493 e. The molecule has 2 aromatic rings. The number of ether oxygens (including phenoxy) is 1. The first-order valence-corrected chi connectivity index (χ1v) is 7.31. The van der Waals surface area contributed by atoms with E-state index in [-0.39, 0.29) is 6.04 Å². The summed E-state index contributed by atoms with van der Waals surface area (Å²) in [6, 6.07) is 8.44. The summed E-state index contributed by atoms with van der Waals surface area (Å²) in [4.78, 5) is 0. The molecule has 100 valence electrons. The van der Waals surface area contributed by atoms with E-state index in [0.717, 1.165) is 35.6 Å². The van der Waals surface area contributed by atoms with E-state index >= 15 is 0 Å². The van der Waals surface area contributed by atoms with Gasteiger partial charge in [0.15, 0.2) is 4.67 Å². The number of para-hydroxylation sites is 1. The molecule has 0 saturated carbocycles. The van der Waals surface area contributed by atoms with Crippen LogP contribution in [0.3, 0.4) is 0 Å². The normalized spacial score (nSPS) is 15.1. The second-order valence-electron chi connectivity index (χ2n) is 4.57. The highest BCUT2D eigenvalue weighted by Gasteiger charge is 2.25. The fourth-order valence-corrected chi connectivity index (χ4v) is 3.04. The van der Waals surface area contributed by atoms with Crippen molar-refractivity contribution >= 4 is 15.9 Å². The van der Waals surface area contributed by atoms with Crippen LogP contribution in [-0.2, 0) is 6.42 Å². The monoisotopic (exact) mass is 321 g/mol. The largest absolute Gasteiger partial charge is 0.493 e. The van der Waals surface area contributed by atoms with Gasteiger partial charge in [-0.3, -0.25) is 0 Å². The number of benzene rings is 1. The minimum absolute atomic E-state index is 0.0891. The van der Waals surface area contributed by atoms with E-state index in [4.69, 9.17) is 9.15 Å². The van der Waals surface area contributed by atoms with Crippen molar-refractivity contribution in [1.82, 2.24) is 5.32 Å². The Bertz CT molecular complexity index is 579. The lowest BCUT2D eigenvalue weighted by molar-refractivity contribution is 0.350. The summed E-state index contributed by atoms with van der Waals surface area (Å²) in [6.07, 6.45) is 2.70. The number of rotatable bonds is 4. The first-order chi connectivity index (χ1) is 9.31. The highest BCUT2D eigenvalue weighted by molar-refractivity contribution is 9.10. The summed E-state index contributed by atoms with van der Waals surface area (Å²) in [7, 11) is 0. The van der Waals surface area contributed by atoms with Crippen LogP contribution in [0, 0.1) is 0 Å². The van der Waals surface area contributed by atoms with Gasteiger partial charge in [-0.25, -0.2) is 0 Å². The Balaban J connectivity index is 2.06. The zero-order valence-electron chi connectivity index (χ0n) is 10.8. The number of halogens is 1. The third-order valence-electron chi connectivity index (χ3n) is 3.42. The van der Waals surface area contributed by atoms with Crippen LogP contribution in [-0.4, -0.2) is 13.2 Å². The maximum atomic E-state index is 5.81. The summed E-state index contributed by atoms with van der Waals surface area (Å²) in [5.74, 6) is 1.03. The Labute approximate surface area is 121 Å². The summed E-state index contributed by atoms with van der Waals surface area (Å²) >= 11 is 3.47. The molecule has 0 amide bonds. The lowest BCUT2D eigenvalue weighted by Gasteiger charge is -2.20. The molecule has 1 aromatic carbocycles. The summed E-state index contributed by atoms with van der Waals surface area (Å²) in [5, 5.41) is 3.50. The van der Waals surface area contributed by atoms with Gasteiger partial charge in [0.25, 0.3) is 0 Å². The van der Waals surface area contributed by atoms with Crippen molar-refractivity contribution in [3.8, 4) is 5.75 Å². The van der Waals surface area contributed by atoms with Gasteiger partial charge in [0.2, 0.25) is 0 Å². The number of hydrogen-bond acceptors (Lipinski definition) is 3. The molecule has 0 fully saturated rings. The van der Waals surface area contributed by atoms with Crippen LogP contribution in [0.4, 0.5) is 0 Å². The Hall–Kier alpha value is -1.26. The van der Waals surface area contributed by atoms with Gasteiger partial charge in [-0.1, -0.05) is 25.1 Å². The lowest BCUT2D eigenvalue weighted by Crippen LogP contribution is -2.22. The highest BCUT2D eigenvalue weighted by atomic mass is 79.9. The summed E-state index contributed by atoms with van der Waals surface area (Å²) in [5.41, 5.74) is 3.57. The highest BCUT2D eigenvalue weighted by Crippen LogP contribution is 2.38. The number of fused-ring (bicyclic) bond motifs is 1. The molecule has 2 heterocycles. The quantitative estimate of drug-likeness (QED) is 0.932. The maximum absolute atomic E-state index is 5.81. The van der Waals surface area contributed by atoms with E-state index < -0.39 is 0 Å². The Kier molecular flexibility index (Phi) is 3.62. The second kappa shape index (κ2) is 5.39. The third kappa shape index (κ3) is 2.30. The van der Waals surface area contributed by atoms with Gasteiger partial charge in [-0.05, 0) is 34.1 Å². The van der Waals surface area contributed by atoms with Crippen LogP contribution >= 0.6 is 15.9 Å². The van der Waals surface area contributed by atoms with Gasteiger partial charge in [-0.2, -0.15) is 0 Å². The van der Waals surface area contributed by atoms with Crippen molar-refractivity contribution < 1.29 is 9.15 Å². The Morgan fingerprint density at radius 3 is 2.95 bits per heavy atom. The van der Waals surface area contributed by atoms with Crippen LogP contribution in [0.1, 0.15) is 29.7 Å². The van der Waals surface area contributed by atoms with Crippen molar-refractivity contribution in [2.45, 2.75) is 19.4 Å². The van der Waals surface area contributed by atoms with Crippen molar-refractivity contribution in [3.05, 3.63) is 51.9 Å². The topological polar surface area (TPSA) is 34.4 Å². The molecule has 3 nitrogen and oxygen atoms in total. The molecule has 1 N–H and O–H groups in total. The first kappa shape index (κ1) is 12.8. The van der Waals surface area contributed by atoms with Crippen molar-refractivity contribution in [2.75, 3.05) is 13.2 Å². The second-order valence-corrected chi connectivity index (χ2v) is 5.29. The van der Waals surface area contributed by atoms with Crippen LogP contribution in [0.5, 0.6) is 5.75 Å². The Morgan fingerprint density at radius 2 is 2.21 bits per heavy atom. The van der Waals surface area contributed by atoms with Crippen molar-refractivity contribution in [2.24, 2.45) is 0 Å². The van der Waals surface area contributed by atoms with E-state index in [1.807, 2.05) is 6.07 Å². The molecule has 4 heteroatoms. The predicted molar refractivity (Wildman–Crippen MR) is 77.6 cm³/mol. The van der Waals surface area contributed by atoms with Crippen molar-refractivity contribution in [3.63, 3.8) is 0 Å². The number of furan rings is 1. The molecule has 1 unspecified atom stereocenters. The van der Waals surface area contributed by atoms with Gasteiger partial charge in [0.1, 0.15) is 5.75 Å². The summed E-state index contributed by atoms with van der Waals surface area (Å²) < 4.78 is 11.9. The minimum atomic E-state index is 0.0891. The molecule has 1 aliphatic rings. The number of hydrogen-bond donors (Lipinski definition) is 1. The number of nitrogens with one attached hydrogen (secondary N) is 1.